The van der Waals surface area contributed by atoms with Gasteiger partial charge in [-0.3, -0.25) is 0 Å². The molecule has 0 aliphatic heterocycles. The summed E-state index contributed by atoms with van der Waals surface area (Å²) in [6, 6.07) is 10.6. The lowest BCUT2D eigenvalue weighted by atomic mass is 9.98. The minimum absolute atomic E-state index is 0.130. The molecular formula is C16H13ClF4. The van der Waals surface area contributed by atoms with Crippen molar-refractivity contribution in [3.05, 3.63) is 70.5 Å². The van der Waals surface area contributed by atoms with Gasteiger partial charge in [-0.25, -0.2) is 4.39 Å². The van der Waals surface area contributed by atoms with E-state index in [1.807, 2.05) is 31.2 Å². The number of aryl methyl sites for hydroxylation is 1. The zero-order valence-corrected chi connectivity index (χ0v) is 12.0. The Morgan fingerprint density at radius 3 is 2.33 bits per heavy atom. The third kappa shape index (κ3) is 3.56. The van der Waals surface area contributed by atoms with Crippen molar-refractivity contribution in [2.45, 2.75) is 24.9 Å². The van der Waals surface area contributed by atoms with E-state index < -0.39 is 22.9 Å². The molecule has 0 fully saturated rings. The van der Waals surface area contributed by atoms with Crippen LogP contribution in [0.3, 0.4) is 0 Å². The highest BCUT2D eigenvalue weighted by molar-refractivity contribution is 6.21. The normalized spacial score (nSPS) is 13.2. The van der Waals surface area contributed by atoms with Crippen LogP contribution in [0.1, 0.15) is 27.6 Å². The third-order valence-corrected chi connectivity index (χ3v) is 3.72. The number of hydrogen-bond acceptors (Lipinski definition) is 0. The van der Waals surface area contributed by atoms with Crippen LogP contribution in [-0.2, 0) is 12.6 Å². The Kier molecular flexibility index (Phi) is 4.57. The number of benzene rings is 2. The first kappa shape index (κ1) is 15.8. The first-order valence-electron chi connectivity index (χ1n) is 6.35. The predicted molar refractivity (Wildman–Crippen MR) is 74.9 cm³/mol. The molecule has 21 heavy (non-hydrogen) atoms. The first-order valence-corrected chi connectivity index (χ1v) is 6.78. The van der Waals surface area contributed by atoms with Crippen LogP contribution in [0.25, 0.3) is 0 Å². The molecule has 0 saturated carbocycles. The Bertz CT molecular complexity index is 634. The van der Waals surface area contributed by atoms with E-state index in [-0.39, 0.29) is 12.0 Å². The van der Waals surface area contributed by atoms with Gasteiger partial charge in [0.2, 0.25) is 0 Å². The molecule has 0 aromatic heterocycles. The molecule has 0 amide bonds. The van der Waals surface area contributed by atoms with Gasteiger partial charge in [0.05, 0.1) is 10.9 Å². The van der Waals surface area contributed by atoms with Crippen LogP contribution in [-0.4, -0.2) is 0 Å². The fraction of sp³-hybridized carbons (Fsp3) is 0.250. The molecule has 0 N–H and O–H groups in total. The topological polar surface area (TPSA) is 0 Å². The van der Waals surface area contributed by atoms with Crippen LogP contribution >= 0.6 is 11.6 Å². The maximum Gasteiger partial charge on any atom is 0.419 e. The molecule has 0 aliphatic rings. The van der Waals surface area contributed by atoms with Crippen molar-refractivity contribution in [3.8, 4) is 0 Å². The molecule has 0 saturated heterocycles. The van der Waals surface area contributed by atoms with Crippen molar-refractivity contribution in [2.24, 2.45) is 0 Å². The second-order valence-corrected chi connectivity index (χ2v) is 5.33. The largest absolute Gasteiger partial charge is 0.419 e. The average Bonchev–Trinajstić information content (AvgIpc) is 2.40. The van der Waals surface area contributed by atoms with E-state index in [1.165, 1.54) is 12.1 Å². The van der Waals surface area contributed by atoms with Crippen molar-refractivity contribution in [1.82, 2.24) is 0 Å². The monoisotopic (exact) mass is 316 g/mol. The summed E-state index contributed by atoms with van der Waals surface area (Å²) in [6.07, 6.45) is -4.45. The van der Waals surface area contributed by atoms with E-state index in [0.29, 0.717) is 0 Å². The zero-order valence-electron chi connectivity index (χ0n) is 11.2. The van der Waals surface area contributed by atoms with Crippen molar-refractivity contribution >= 4 is 11.6 Å². The summed E-state index contributed by atoms with van der Waals surface area (Å²) in [5, 5.41) is -0.853. The molecular weight excluding hydrogens is 304 g/mol. The summed E-state index contributed by atoms with van der Waals surface area (Å²) >= 11 is 6.13. The minimum Gasteiger partial charge on any atom is -0.206 e. The summed E-state index contributed by atoms with van der Waals surface area (Å²) in [5.74, 6) is -1.29. The molecule has 0 bridgehead atoms. The van der Waals surface area contributed by atoms with Crippen LogP contribution in [0, 0.1) is 12.7 Å². The summed E-state index contributed by atoms with van der Waals surface area (Å²) in [7, 11) is 0. The van der Waals surface area contributed by atoms with Crippen LogP contribution in [0.15, 0.2) is 42.5 Å². The standard InChI is InChI=1S/C16H13ClF4/c1-10-5-2-3-6-11(10)9-14(17)12-7-4-8-13(15(12)18)16(19,20)21/h2-8,14H,9H2,1H3. The Morgan fingerprint density at radius 2 is 1.71 bits per heavy atom. The molecule has 1 atom stereocenters. The Morgan fingerprint density at radius 1 is 1.05 bits per heavy atom. The quantitative estimate of drug-likeness (QED) is 0.505. The molecule has 0 aliphatic carbocycles. The van der Waals surface area contributed by atoms with Crippen molar-refractivity contribution in [1.29, 1.82) is 0 Å². The van der Waals surface area contributed by atoms with Gasteiger partial charge in [0, 0.05) is 5.56 Å². The highest BCUT2D eigenvalue weighted by Crippen LogP contribution is 2.36. The van der Waals surface area contributed by atoms with Crippen LogP contribution in [0.2, 0.25) is 0 Å². The van der Waals surface area contributed by atoms with E-state index in [4.69, 9.17) is 11.6 Å². The minimum atomic E-state index is -4.72. The fourth-order valence-electron chi connectivity index (χ4n) is 2.15. The van der Waals surface area contributed by atoms with Crippen LogP contribution < -0.4 is 0 Å². The van der Waals surface area contributed by atoms with E-state index in [9.17, 15) is 17.6 Å². The highest BCUT2D eigenvalue weighted by atomic mass is 35.5. The highest BCUT2D eigenvalue weighted by Gasteiger charge is 2.35. The lowest BCUT2D eigenvalue weighted by molar-refractivity contribution is -0.140. The van der Waals surface area contributed by atoms with Gasteiger partial charge in [-0.2, -0.15) is 13.2 Å². The van der Waals surface area contributed by atoms with Gasteiger partial charge in [-0.15, -0.1) is 11.6 Å². The van der Waals surface area contributed by atoms with E-state index >= 15 is 0 Å². The number of halogens is 5. The summed E-state index contributed by atoms with van der Waals surface area (Å²) in [5.41, 5.74) is 0.440. The van der Waals surface area contributed by atoms with E-state index in [0.717, 1.165) is 17.2 Å². The summed E-state index contributed by atoms with van der Waals surface area (Å²) < 4.78 is 52.1. The number of rotatable bonds is 3. The van der Waals surface area contributed by atoms with E-state index in [2.05, 4.69) is 0 Å². The Labute approximate surface area is 125 Å². The summed E-state index contributed by atoms with van der Waals surface area (Å²) in [4.78, 5) is 0. The maximum absolute atomic E-state index is 14.0. The smallest absolute Gasteiger partial charge is 0.206 e. The van der Waals surface area contributed by atoms with Gasteiger partial charge in [-0.05, 0) is 30.5 Å². The fourth-order valence-corrected chi connectivity index (χ4v) is 2.49. The third-order valence-electron chi connectivity index (χ3n) is 3.33. The van der Waals surface area contributed by atoms with Gasteiger partial charge < -0.3 is 0 Å². The summed E-state index contributed by atoms with van der Waals surface area (Å²) in [6.45, 7) is 1.88. The molecule has 0 spiro atoms. The van der Waals surface area contributed by atoms with E-state index in [1.54, 1.807) is 0 Å². The SMILES string of the molecule is Cc1ccccc1CC(Cl)c1cccc(C(F)(F)F)c1F. The number of hydrogen-bond donors (Lipinski definition) is 0. The van der Waals surface area contributed by atoms with Gasteiger partial charge in [0.25, 0.3) is 0 Å². The van der Waals surface area contributed by atoms with Gasteiger partial charge >= 0.3 is 6.18 Å². The molecule has 112 valence electrons. The average molecular weight is 317 g/mol. The molecule has 5 heteroatoms. The van der Waals surface area contributed by atoms with Crippen LogP contribution in [0.4, 0.5) is 17.6 Å². The number of alkyl halides is 4. The molecule has 2 rings (SSSR count). The maximum atomic E-state index is 14.0. The zero-order chi connectivity index (χ0) is 15.6. The van der Waals surface area contributed by atoms with Gasteiger partial charge in [-0.1, -0.05) is 36.4 Å². The second kappa shape index (κ2) is 6.06. The lowest BCUT2D eigenvalue weighted by Crippen LogP contribution is -2.11. The second-order valence-electron chi connectivity index (χ2n) is 4.80. The van der Waals surface area contributed by atoms with Gasteiger partial charge in [0.15, 0.2) is 0 Å². The van der Waals surface area contributed by atoms with Crippen molar-refractivity contribution < 1.29 is 17.6 Å². The van der Waals surface area contributed by atoms with Crippen LogP contribution in [0.5, 0.6) is 0 Å². The molecule has 0 heterocycles. The Hall–Kier alpha value is -1.55. The van der Waals surface area contributed by atoms with Crippen molar-refractivity contribution in [2.75, 3.05) is 0 Å². The molecule has 2 aromatic rings. The molecule has 0 radical (unpaired) electrons. The molecule has 1 unspecified atom stereocenters. The Balaban J connectivity index is 2.32. The van der Waals surface area contributed by atoms with Gasteiger partial charge in [0.1, 0.15) is 5.82 Å². The van der Waals surface area contributed by atoms with Crippen molar-refractivity contribution in [3.63, 3.8) is 0 Å². The molecule has 2 aromatic carbocycles. The predicted octanol–water partition coefficient (Wildman–Crippen LogP) is 5.68. The first-order chi connectivity index (χ1) is 9.80. The molecule has 0 nitrogen and oxygen atoms in total. The lowest BCUT2D eigenvalue weighted by Gasteiger charge is -2.16.